The van der Waals surface area contributed by atoms with E-state index in [9.17, 15) is 9.18 Å². The maximum atomic E-state index is 13.0. The summed E-state index contributed by atoms with van der Waals surface area (Å²) in [6, 6.07) is 18.3. The average molecular weight is 448 g/mol. The highest BCUT2D eigenvalue weighted by Crippen LogP contribution is 2.35. The number of hydrogen-bond acceptors (Lipinski definition) is 5. The third-order valence-electron chi connectivity index (χ3n) is 5.84. The topological polar surface area (TPSA) is 68.3 Å². The summed E-state index contributed by atoms with van der Waals surface area (Å²) in [6.07, 6.45) is 4.55. The minimum atomic E-state index is -0.348. The first-order valence-corrected chi connectivity index (χ1v) is 11.7. The van der Waals surface area contributed by atoms with E-state index in [4.69, 9.17) is 5.73 Å². The van der Waals surface area contributed by atoms with Crippen molar-refractivity contribution < 1.29 is 9.18 Å². The fraction of sp³-hybridized carbons (Fsp3) is 0.269. The number of carbonyl (C=O) groups is 1. The number of nitrogens with two attached hydrogens (primary N) is 1. The van der Waals surface area contributed by atoms with Crippen LogP contribution in [-0.4, -0.2) is 21.7 Å². The van der Waals surface area contributed by atoms with Crippen molar-refractivity contribution in [2.75, 3.05) is 5.75 Å². The second-order valence-electron chi connectivity index (χ2n) is 8.30. The maximum Gasteiger partial charge on any atom is 0.185 e. The molecule has 0 fully saturated rings. The zero-order chi connectivity index (χ0) is 22.6. The molecule has 4 rings (SSSR count). The number of rotatable bonds is 7. The minimum Gasteiger partial charge on any atom is -0.379 e. The Morgan fingerprint density at radius 1 is 1.06 bits per heavy atom. The van der Waals surface area contributed by atoms with Crippen LogP contribution < -0.4 is 5.73 Å². The Kier molecular flexibility index (Phi) is 6.70. The zero-order valence-corrected chi connectivity index (χ0v) is 18.9. The first-order chi connectivity index (χ1) is 15.4. The number of aliphatic imine (C=N–C) groups is 1. The van der Waals surface area contributed by atoms with Crippen LogP contribution in [0.5, 0.6) is 0 Å². The summed E-state index contributed by atoms with van der Waals surface area (Å²) >= 11 is 1.58. The van der Waals surface area contributed by atoms with Crippen LogP contribution in [0.2, 0.25) is 0 Å². The van der Waals surface area contributed by atoms with Gasteiger partial charge in [-0.15, -0.1) is 0 Å². The molecule has 0 radical (unpaired) electrons. The van der Waals surface area contributed by atoms with Crippen molar-refractivity contribution in [3.63, 3.8) is 0 Å². The van der Waals surface area contributed by atoms with Crippen molar-refractivity contribution >= 4 is 22.7 Å². The lowest BCUT2D eigenvalue weighted by atomic mass is 9.88. The lowest BCUT2D eigenvalue weighted by Gasteiger charge is -2.30. The second kappa shape index (κ2) is 9.65. The summed E-state index contributed by atoms with van der Waals surface area (Å²) in [7, 11) is 0. The first-order valence-electron chi connectivity index (χ1n) is 10.7. The lowest BCUT2D eigenvalue weighted by Crippen LogP contribution is -2.28. The van der Waals surface area contributed by atoms with Crippen LogP contribution in [0.1, 0.15) is 46.1 Å². The second-order valence-corrected chi connectivity index (χ2v) is 9.42. The van der Waals surface area contributed by atoms with Crippen LogP contribution in [0.3, 0.4) is 0 Å². The molecule has 4 nitrogen and oxygen atoms in total. The van der Waals surface area contributed by atoms with Gasteiger partial charge in [0.05, 0.1) is 5.54 Å². The molecular formula is C26H26FN3OS. The fourth-order valence-electron chi connectivity index (χ4n) is 3.86. The van der Waals surface area contributed by atoms with Gasteiger partial charge in [0.25, 0.3) is 0 Å². The molecule has 32 heavy (non-hydrogen) atoms. The van der Waals surface area contributed by atoms with Crippen molar-refractivity contribution in [1.29, 1.82) is 0 Å². The number of aryl methyl sites for hydroxylation is 2. The van der Waals surface area contributed by atoms with Gasteiger partial charge in [0.2, 0.25) is 0 Å². The van der Waals surface area contributed by atoms with E-state index in [2.05, 4.69) is 29.0 Å². The smallest absolute Gasteiger partial charge is 0.185 e. The number of Topliss-reactive ketones (excluding diaryl/α,β-unsaturated/α-hetero) is 1. The molecule has 2 aromatic carbocycles. The van der Waals surface area contributed by atoms with Gasteiger partial charge in [-0.05, 0) is 66.6 Å². The van der Waals surface area contributed by atoms with Crippen molar-refractivity contribution in [2.24, 2.45) is 10.7 Å². The van der Waals surface area contributed by atoms with Crippen LogP contribution >= 0.6 is 11.8 Å². The summed E-state index contributed by atoms with van der Waals surface area (Å²) in [5, 5.41) is 0.615. The Labute approximate surface area is 192 Å². The quantitative estimate of drug-likeness (QED) is 0.512. The molecule has 2 heterocycles. The van der Waals surface area contributed by atoms with Crippen LogP contribution in [0.4, 0.5) is 4.39 Å². The highest BCUT2D eigenvalue weighted by Gasteiger charge is 2.29. The Morgan fingerprint density at radius 3 is 2.53 bits per heavy atom. The standard InChI is InChI=1S/C26H26FN3OS/c1-26(13-14-32-25(28)30-26)21-4-2-3-20(15-21)16-24(31)23-12-9-19(17-29-23)6-5-18-7-10-22(27)11-8-18/h2-4,7-12,15,17H,5-6,13-14,16H2,1H3,(H2,28,30). The molecular weight excluding hydrogens is 421 g/mol. The van der Waals surface area contributed by atoms with E-state index in [0.29, 0.717) is 17.3 Å². The molecule has 0 aliphatic carbocycles. The van der Waals surface area contributed by atoms with Crippen molar-refractivity contribution in [3.8, 4) is 0 Å². The molecule has 1 atom stereocenters. The van der Waals surface area contributed by atoms with Gasteiger partial charge in [-0.3, -0.25) is 14.8 Å². The summed E-state index contributed by atoms with van der Waals surface area (Å²) in [5.74, 6) is 0.694. The van der Waals surface area contributed by atoms with Gasteiger partial charge < -0.3 is 5.73 Å². The molecule has 0 bridgehead atoms. The number of hydrogen-bond donors (Lipinski definition) is 1. The fourth-order valence-corrected chi connectivity index (χ4v) is 4.84. The van der Waals surface area contributed by atoms with Gasteiger partial charge >= 0.3 is 0 Å². The zero-order valence-electron chi connectivity index (χ0n) is 18.1. The minimum absolute atomic E-state index is 0.0143. The van der Waals surface area contributed by atoms with E-state index in [0.717, 1.165) is 47.3 Å². The van der Waals surface area contributed by atoms with Crippen LogP contribution in [-0.2, 0) is 24.8 Å². The average Bonchev–Trinajstić information content (AvgIpc) is 2.79. The predicted molar refractivity (Wildman–Crippen MR) is 129 cm³/mol. The molecule has 1 unspecified atom stereocenters. The monoisotopic (exact) mass is 447 g/mol. The van der Waals surface area contributed by atoms with Crippen molar-refractivity contribution in [1.82, 2.24) is 4.98 Å². The van der Waals surface area contributed by atoms with E-state index >= 15 is 0 Å². The summed E-state index contributed by atoms with van der Waals surface area (Å²) in [5.41, 5.74) is 10.2. The molecule has 0 spiro atoms. The molecule has 164 valence electrons. The largest absolute Gasteiger partial charge is 0.379 e. The van der Waals surface area contributed by atoms with Gasteiger partial charge in [0, 0.05) is 18.4 Å². The summed E-state index contributed by atoms with van der Waals surface area (Å²) in [4.78, 5) is 21.9. The Balaban J connectivity index is 1.40. The van der Waals surface area contributed by atoms with Crippen LogP contribution in [0, 0.1) is 5.82 Å². The number of ketones is 1. The maximum absolute atomic E-state index is 13.0. The number of aromatic nitrogens is 1. The molecule has 1 aromatic heterocycles. The molecule has 6 heteroatoms. The summed E-state index contributed by atoms with van der Waals surface area (Å²) < 4.78 is 13.0. The Bertz CT molecular complexity index is 1130. The third kappa shape index (κ3) is 5.43. The molecule has 0 amide bonds. The van der Waals surface area contributed by atoms with Gasteiger partial charge in [-0.25, -0.2) is 4.39 Å². The van der Waals surface area contributed by atoms with Gasteiger partial charge in [0.1, 0.15) is 11.5 Å². The van der Waals surface area contributed by atoms with E-state index < -0.39 is 0 Å². The number of amidine groups is 1. The SMILES string of the molecule is CC1(c2cccc(CC(=O)c3ccc(CCc4ccc(F)cc4)cn3)c2)CCSC(N)=N1. The number of nitrogens with zero attached hydrogens (tertiary/aromatic N) is 2. The van der Waals surface area contributed by atoms with Crippen LogP contribution in [0.15, 0.2) is 71.9 Å². The number of pyridine rings is 1. The lowest BCUT2D eigenvalue weighted by molar-refractivity contribution is 0.0988. The molecule has 1 aliphatic rings. The van der Waals surface area contributed by atoms with E-state index in [1.807, 2.05) is 18.2 Å². The number of halogens is 1. The van der Waals surface area contributed by atoms with E-state index in [1.54, 1.807) is 36.2 Å². The van der Waals surface area contributed by atoms with Gasteiger partial charge in [-0.1, -0.05) is 54.2 Å². The Hall–Kier alpha value is -2.99. The van der Waals surface area contributed by atoms with Crippen molar-refractivity contribution in [3.05, 3.63) is 101 Å². The van der Waals surface area contributed by atoms with Crippen LogP contribution in [0.25, 0.3) is 0 Å². The number of thioether (sulfide) groups is 1. The van der Waals surface area contributed by atoms with E-state index in [-0.39, 0.29) is 17.1 Å². The van der Waals surface area contributed by atoms with E-state index in [1.165, 1.54) is 12.1 Å². The Morgan fingerprint density at radius 2 is 1.81 bits per heavy atom. The molecule has 1 aliphatic heterocycles. The highest BCUT2D eigenvalue weighted by molar-refractivity contribution is 8.13. The normalized spacial score (nSPS) is 18.2. The van der Waals surface area contributed by atoms with Gasteiger partial charge in [-0.2, -0.15) is 0 Å². The molecule has 2 N–H and O–H groups in total. The van der Waals surface area contributed by atoms with Gasteiger partial charge in [0.15, 0.2) is 11.0 Å². The molecule has 3 aromatic rings. The highest BCUT2D eigenvalue weighted by atomic mass is 32.2. The predicted octanol–water partition coefficient (Wildman–Crippen LogP) is 5.10. The molecule has 0 saturated carbocycles. The number of carbonyl (C=O) groups excluding carboxylic acids is 1. The third-order valence-corrected chi connectivity index (χ3v) is 6.63. The molecule has 0 saturated heterocycles. The van der Waals surface area contributed by atoms with Crippen molar-refractivity contribution in [2.45, 2.75) is 38.1 Å². The summed E-state index contributed by atoms with van der Waals surface area (Å²) in [6.45, 7) is 2.09. The number of benzene rings is 2. The first kappa shape index (κ1) is 22.2.